The van der Waals surface area contributed by atoms with Crippen molar-refractivity contribution < 1.29 is 0 Å². The van der Waals surface area contributed by atoms with Crippen molar-refractivity contribution in [2.75, 3.05) is 0 Å². The molecule has 7 heavy (non-hydrogen) atoms. The highest BCUT2D eigenvalue weighted by Crippen LogP contribution is 1.22. The molecule has 2 nitrogen and oxygen atoms in total. The van der Waals surface area contributed by atoms with Crippen molar-refractivity contribution in [3.05, 3.63) is 0 Å². The maximum atomic E-state index is 7.32. The van der Waals surface area contributed by atoms with Gasteiger partial charge in [-0.2, -0.15) is 10.5 Å². The van der Waals surface area contributed by atoms with Crippen LogP contribution in [0.5, 0.6) is 0 Å². The largest absolute Gasteiger partial charge is 0.199 e. The minimum Gasteiger partial charge on any atom is -0.199 e. The quantitative estimate of drug-likeness (QED) is 0.426. The number of nitriles is 2. The monoisotopic (exact) mass is 106 g/mol. The average molecular weight is 106 g/mol. The Morgan fingerprint density at radius 2 is 1.00 bits per heavy atom. The lowest BCUT2D eigenvalue weighted by Gasteiger charge is -1.15. The summed E-state index contributed by atoms with van der Waals surface area (Å²) in [7, 11) is 0. The molecular formula is C4H6MgN2. The third-order valence-electron chi connectivity index (χ3n) is 0. The number of hydrogen-bond donors (Lipinski definition) is 0. The molecule has 0 spiro atoms. The summed E-state index contributed by atoms with van der Waals surface area (Å²) in [6, 6.07) is 3.50. The Hall–Kier alpha value is -0.254. The van der Waals surface area contributed by atoms with Crippen LogP contribution in [0.25, 0.3) is 0 Å². The van der Waals surface area contributed by atoms with Crippen molar-refractivity contribution in [1.82, 2.24) is 0 Å². The summed E-state index contributed by atoms with van der Waals surface area (Å²) in [5.74, 6) is 0. The molecule has 0 atom stereocenters. The van der Waals surface area contributed by atoms with Gasteiger partial charge in [-0.05, 0) is 0 Å². The van der Waals surface area contributed by atoms with E-state index in [4.69, 9.17) is 10.5 Å². The van der Waals surface area contributed by atoms with Crippen molar-refractivity contribution in [2.24, 2.45) is 0 Å². The van der Waals surface area contributed by atoms with Crippen molar-refractivity contribution >= 4 is 23.1 Å². The maximum Gasteiger partial charge on any atom is 0.0587 e. The molecule has 34 valence electrons. The number of nitrogens with zero attached hydrogens (tertiary/aromatic N) is 2. The molecule has 0 saturated carbocycles. The second-order valence-electron chi connectivity index (χ2n) is 0.447. The van der Waals surface area contributed by atoms with E-state index < -0.39 is 0 Å². The van der Waals surface area contributed by atoms with Gasteiger partial charge in [0, 0.05) is 36.9 Å². The lowest BCUT2D eigenvalue weighted by molar-refractivity contribution is 1.49. The second kappa shape index (κ2) is 42.4. The van der Waals surface area contributed by atoms with E-state index in [2.05, 4.69) is 0 Å². The molecule has 2 radical (unpaired) electrons. The molecule has 0 aliphatic heterocycles. The molecule has 0 unspecified atom stereocenters. The fourth-order valence-corrected chi connectivity index (χ4v) is 0. The van der Waals surface area contributed by atoms with Crippen LogP contribution in [0, 0.1) is 22.7 Å². The molecule has 0 rings (SSSR count). The molecule has 0 bridgehead atoms. The molecule has 0 aliphatic carbocycles. The predicted octanol–water partition coefficient (Wildman–Crippen LogP) is 0.679. The van der Waals surface area contributed by atoms with Gasteiger partial charge in [0.15, 0.2) is 0 Å². The van der Waals surface area contributed by atoms with E-state index in [1.807, 2.05) is 0 Å². The van der Waals surface area contributed by atoms with Crippen LogP contribution in [-0.4, -0.2) is 23.1 Å². The first-order valence-corrected chi connectivity index (χ1v) is 1.45. The Kier molecular flexibility index (Phi) is 96.3. The van der Waals surface area contributed by atoms with Crippen molar-refractivity contribution in [1.29, 1.82) is 10.5 Å². The Morgan fingerprint density at radius 1 is 1.00 bits per heavy atom. The highest BCUT2D eigenvalue weighted by molar-refractivity contribution is 5.75. The van der Waals surface area contributed by atoms with Gasteiger partial charge >= 0.3 is 0 Å². The fraction of sp³-hybridized carbons (Fsp3) is 0.500. The van der Waals surface area contributed by atoms with Crippen LogP contribution in [0.2, 0.25) is 0 Å². The maximum absolute atomic E-state index is 7.32. The summed E-state index contributed by atoms with van der Waals surface area (Å²) in [5, 5.41) is 14.6. The summed E-state index contributed by atoms with van der Waals surface area (Å²) in [6.45, 7) is 2.86. The summed E-state index contributed by atoms with van der Waals surface area (Å²) >= 11 is 0. The van der Waals surface area contributed by atoms with Gasteiger partial charge in [0.25, 0.3) is 0 Å². The third kappa shape index (κ3) is 1250. The van der Waals surface area contributed by atoms with Crippen molar-refractivity contribution in [3.63, 3.8) is 0 Å². The Bertz CT molecular complexity index is 64.7. The zero-order valence-corrected chi connectivity index (χ0v) is 6.02. The number of rotatable bonds is 0. The van der Waals surface area contributed by atoms with Crippen LogP contribution in [0.4, 0.5) is 0 Å². The second-order valence-corrected chi connectivity index (χ2v) is 0.447. The molecule has 3 heteroatoms. The zero-order chi connectivity index (χ0) is 5.41. The molecule has 0 saturated heterocycles. The minimum absolute atomic E-state index is 0. The normalized spacial score (nSPS) is 2.29. The van der Waals surface area contributed by atoms with Crippen molar-refractivity contribution in [3.8, 4) is 12.1 Å². The lowest BCUT2D eigenvalue weighted by atomic mass is 11.0. The fourth-order valence-electron chi connectivity index (χ4n) is 0. The number of hydrogen-bond acceptors (Lipinski definition) is 2. The van der Waals surface area contributed by atoms with Crippen LogP contribution >= 0.6 is 0 Å². The molecular weight excluding hydrogens is 100 g/mol. The predicted molar refractivity (Wildman–Crippen MR) is 28.3 cm³/mol. The molecule has 0 fully saturated rings. The standard InChI is InChI=1S/2C2H3N.Mg/c2*1-2-3;/h2*1H3;. The van der Waals surface area contributed by atoms with Crippen LogP contribution < -0.4 is 0 Å². The molecule has 0 N–H and O–H groups in total. The van der Waals surface area contributed by atoms with Gasteiger partial charge in [-0.15, -0.1) is 0 Å². The van der Waals surface area contributed by atoms with E-state index in [0.29, 0.717) is 0 Å². The van der Waals surface area contributed by atoms with Gasteiger partial charge in [0.2, 0.25) is 0 Å². The first-order chi connectivity index (χ1) is 2.83. The average Bonchev–Trinajstić information content (AvgIpc) is 1.39. The van der Waals surface area contributed by atoms with Crippen LogP contribution in [0.3, 0.4) is 0 Å². The van der Waals surface area contributed by atoms with Crippen molar-refractivity contribution in [2.45, 2.75) is 13.8 Å². The smallest absolute Gasteiger partial charge is 0.0587 e. The van der Waals surface area contributed by atoms with E-state index in [1.165, 1.54) is 13.8 Å². The van der Waals surface area contributed by atoms with Gasteiger partial charge in [-0.25, -0.2) is 0 Å². The Balaban J connectivity index is -0.0000000400. The van der Waals surface area contributed by atoms with E-state index in [-0.39, 0.29) is 23.1 Å². The van der Waals surface area contributed by atoms with Crippen LogP contribution in [-0.2, 0) is 0 Å². The lowest BCUT2D eigenvalue weighted by Crippen LogP contribution is -1.10. The van der Waals surface area contributed by atoms with Gasteiger partial charge in [0.05, 0.1) is 12.1 Å². The minimum atomic E-state index is 0. The Morgan fingerprint density at radius 3 is 1.00 bits per heavy atom. The molecule has 0 heterocycles. The summed E-state index contributed by atoms with van der Waals surface area (Å²) in [4.78, 5) is 0. The summed E-state index contributed by atoms with van der Waals surface area (Å²) < 4.78 is 0. The third-order valence-corrected chi connectivity index (χ3v) is 0. The molecule has 0 aromatic heterocycles. The SMILES string of the molecule is CC#N.CC#N.[Mg]. The Labute approximate surface area is 59.9 Å². The van der Waals surface area contributed by atoms with Gasteiger partial charge < -0.3 is 0 Å². The molecule has 0 amide bonds. The summed E-state index contributed by atoms with van der Waals surface area (Å²) in [6.07, 6.45) is 0. The first-order valence-electron chi connectivity index (χ1n) is 1.45. The van der Waals surface area contributed by atoms with Gasteiger partial charge in [0.1, 0.15) is 0 Å². The van der Waals surface area contributed by atoms with E-state index in [9.17, 15) is 0 Å². The van der Waals surface area contributed by atoms with E-state index in [0.717, 1.165) is 0 Å². The van der Waals surface area contributed by atoms with E-state index in [1.54, 1.807) is 12.1 Å². The van der Waals surface area contributed by atoms with Gasteiger partial charge in [-0.1, -0.05) is 0 Å². The topological polar surface area (TPSA) is 47.6 Å². The van der Waals surface area contributed by atoms with Gasteiger partial charge in [-0.3, -0.25) is 0 Å². The van der Waals surface area contributed by atoms with Crippen LogP contribution in [0.15, 0.2) is 0 Å². The molecule has 0 aromatic rings. The molecule has 0 aliphatic rings. The highest BCUT2D eigenvalue weighted by atomic mass is 24.3. The molecule has 0 aromatic carbocycles. The van der Waals surface area contributed by atoms with E-state index >= 15 is 0 Å². The highest BCUT2D eigenvalue weighted by Gasteiger charge is 1.18. The first kappa shape index (κ1) is 15.9. The zero-order valence-electron chi connectivity index (χ0n) is 4.60. The summed E-state index contributed by atoms with van der Waals surface area (Å²) in [5.41, 5.74) is 0. The van der Waals surface area contributed by atoms with Crippen LogP contribution in [0.1, 0.15) is 13.8 Å².